The second kappa shape index (κ2) is 10.6. The van der Waals surface area contributed by atoms with Gasteiger partial charge in [0, 0.05) is 5.56 Å². The fourth-order valence-electron chi connectivity index (χ4n) is 2.69. The zero-order chi connectivity index (χ0) is 22.1. The molecule has 160 valence electrons. The molecule has 0 saturated carbocycles. The standard InChI is InChI=1S/C23H29NO5Si/c1-17-12-13-19(14-21(17)29-22(15-26-3)23(25)27-4)18(2)24-28-16-30(5,6)20-10-8-7-9-11-20/h7-15H,16H2,1-6H3. The molecule has 0 amide bonds. The molecule has 0 aliphatic heterocycles. The van der Waals surface area contributed by atoms with Crippen molar-refractivity contribution in [1.29, 1.82) is 0 Å². The minimum atomic E-state index is -1.74. The SMILES string of the molecule is COC=C(Oc1cc(C(C)=NOC[Si](C)(C)c2ccccc2)ccc1C)C(=O)OC. The van der Waals surface area contributed by atoms with Gasteiger partial charge in [0.05, 0.1) is 19.9 Å². The minimum Gasteiger partial charge on any atom is -0.500 e. The fourth-order valence-corrected chi connectivity index (χ4v) is 4.34. The monoisotopic (exact) mass is 427 g/mol. The van der Waals surface area contributed by atoms with E-state index >= 15 is 0 Å². The average molecular weight is 428 g/mol. The molecule has 2 aromatic carbocycles. The van der Waals surface area contributed by atoms with Gasteiger partial charge in [-0.1, -0.05) is 65.9 Å². The molecule has 0 spiro atoms. The van der Waals surface area contributed by atoms with Crippen molar-refractivity contribution in [3.8, 4) is 5.75 Å². The van der Waals surface area contributed by atoms with E-state index in [0.29, 0.717) is 17.7 Å². The Labute approximate surface area is 179 Å². The predicted octanol–water partition coefficient (Wildman–Crippen LogP) is 3.93. The second-order valence-corrected chi connectivity index (χ2v) is 12.1. The number of oxime groups is 1. The highest BCUT2D eigenvalue weighted by Gasteiger charge is 2.24. The summed E-state index contributed by atoms with van der Waals surface area (Å²) in [5, 5.41) is 5.63. The van der Waals surface area contributed by atoms with Crippen LogP contribution in [-0.4, -0.2) is 40.2 Å². The van der Waals surface area contributed by atoms with E-state index in [-0.39, 0.29) is 5.76 Å². The Morgan fingerprint density at radius 3 is 2.43 bits per heavy atom. The van der Waals surface area contributed by atoms with Crippen molar-refractivity contribution in [2.75, 3.05) is 20.4 Å². The third-order valence-electron chi connectivity index (χ3n) is 4.62. The number of carbonyl (C=O) groups is 1. The van der Waals surface area contributed by atoms with Gasteiger partial charge in [-0.3, -0.25) is 0 Å². The van der Waals surface area contributed by atoms with Crippen LogP contribution in [0.2, 0.25) is 13.1 Å². The first-order valence-corrected chi connectivity index (χ1v) is 12.8. The van der Waals surface area contributed by atoms with Gasteiger partial charge in [0.1, 0.15) is 26.3 Å². The van der Waals surface area contributed by atoms with Gasteiger partial charge in [-0.25, -0.2) is 4.79 Å². The molecule has 0 heterocycles. The molecular weight excluding hydrogens is 398 g/mol. The van der Waals surface area contributed by atoms with Crippen molar-refractivity contribution in [2.24, 2.45) is 5.16 Å². The lowest BCUT2D eigenvalue weighted by atomic mass is 10.1. The number of aryl methyl sites for hydroxylation is 1. The molecule has 2 aromatic rings. The van der Waals surface area contributed by atoms with Gasteiger partial charge in [-0.2, -0.15) is 0 Å². The summed E-state index contributed by atoms with van der Waals surface area (Å²) in [6, 6.07) is 16.0. The van der Waals surface area contributed by atoms with Crippen LogP contribution in [0.25, 0.3) is 0 Å². The largest absolute Gasteiger partial charge is 0.500 e. The molecule has 0 bridgehead atoms. The third kappa shape index (κ3) is 6.22. The van der Waals surface area contributed by atoms with Crippen LogP contribution in [-0.2, 0) is 19.1 Å². The molecule has 0 aliphatic rings. The summed E-state index contributed by atoms with van der Waals surface area (Å²) in [5.41, 5.74) is 2.40. The smallest absolute Gasteiger partial charge is 0.377 e. The van der Waals surface area contributed by atoms with Crippen LogP contribution in [0.15, 0.2) is 65.7 Å². The van der Waals surface area contributed by atoms with Gasteiger partial charge < -0.3 is 19.0 Å². The summed E-state index contributed by atoms with van der Waals surface area (Å²) < 4.78 is 15.4. The molecule has 6 nitrogen and oxygen atoms in total. The maximum absolute atomic E-state index is 11.9. The summed E-state index contributed by atoms with van der Waals surface area (Å²) in [6.07, 6.45) is 1.78. The molecule has 0 unspecified atom stereocenters. The zero-order valence-corrected chi connectivity index (χ0v) is 19.4. The van der Waals surface area contributed by atoms with E-state index < -0.39 is 14.0 Å². The Morgan fingerprint density at radius 2 is 1.80 bits per heavy atom. The Kier molecular flexibility index (Phi) is 8.23. The molecule has 7 heteroatoms. The van der Waals surface area contributed by atoms with Crippen LogP contribution in [0.3, 0.4) is 0 Å². The van der Waals surface area contributed by atoms with Gasteiger partial charge in [0.25, 0.3) is 0 Å². The Balaban J connectivity index is 2.14. The normalized spacial score (nSPS) is 12.3. The van der Waals surface area contributed by atoms with Crippen molar-refractivity contribution in [3.05, 3.63) is 71.7 Å². The van der Waals surface area contributed by atoms with Crippen LogP contribution < -0.4 is 9.92 Å². The van der Waals surface area contributed by atoms with E-state index in [4.69, 9.17) is 19.0 Å². The molecule has 30 heavy (non-hydrogen) atoms. The van der Waals surface area contributed by atoms with E-state index in [1.807, 2.05) is 50.2 Å². The second-order valence-electron chi connectivity index (χ2n) is 7.49. The van der Waals surface area contributed by atoms with Crippen molar-refractivity contribution in [3.63, 3.8) is 0 Å². The van der Waals surface area contributed by atoms with Gasteiger partial charge >= 0.3 is 5.97 Å². The van der Waals surface area contributed by atoms with Gasteiger partial charge in [0.15, 0.2) is 0 Å². The molecule has 2 rings (SSSR count). The number of hydrogen-bond acceptors (Lipinski definition) is 6. The third-order valence-corrected chi connectivity index (χ3v) is 7.37. The molecule has 0 radical (unpaired) electrons. The number of hydrogen-bond donors (Lipinski definition) is 0. The maximum Gasteiger partial charge on any atom is 0.377 e. The van der Waals surface area contributed by atoms with Crippen molar-refractivity contribution in [2.45, 2.75) is 26.9 Å². The lowest BCUT2D eigenvalue weighted by Crippen LogP contribution is -2.45. The number of rotatable bonds is 9. The minimum absolute atomic E-state index is 0.0401. The zero-order valence-electron chi connectivity index (χ0n) is 18.4. The number of esters is 1. The fraction of sp³-hybridized carbons (Fsp3) is 0.304. The Hall–Kier alpha value is -3.06. The van der Waals surface area contributed by atoms with Gasteiger partial charge in [-0.05, 0) is 25.5 Å². The topological polar surface area (TPSA) is 66.3 Å². The first-order chi connectivity index (χ1) is 14.3. The van der Waals surface area contributed by atoms with E-state index in [0.717, 1.165) is 11.1 Å². The molecule has 0 fully saturated rings. The molecular formula is C23H29NO5Si. The lowest BCUT2D eigenvalue weighted by molar-refractivity contribution is -0.138. The van der Waals surface area contributed by atoms with Crippen molar-refractivity contribution >= 4 is 24.9 Å². The maximum atomic E-state index is 11.9. The van der Waals surface area contributed by atoms with Crippen LogP contribution in [0.5, 0.6) is 5.75 Å². The van der Waals surface area contributed by atoms with Gasteiger partial charge in [0.2, 0.25) is 5.76 Å². The molecule has 0 saturated heterocycles. The molecule has 0 aromatic heterocycles. The number of carbonyl (C=O) groups excluding carboxylic acids is 1. The van der Waals surface area contributed by atoms with E-state index in [1.54, 1.807) is 0 Å². The van der Waals surface area contributed by atoms with Crippen LogP contribution in [0.4, 0.5) is 0 Å². The van der Waals surface area contributed by atoms with Gasteiger partial charge in [-0.15, -0.1) is 0 Å². The van der Waals surface area contributed by atoms with Crippen LogP contribution in [0.1, 0.15) is 18.1 Å². The first-order valence-electron chi connectivity index (χ1n) is 9.60. The Bertz CT molecular complexity index is 922. The van der Waals surface area contributed by atoms with Crippen molar-refractivity contribution in [1.82, 2.24) is 0 Å². The number of ether oxygens (including phenoxy) is 3. The summed E-state index contributed by atoms with van der Waals surface area (Å²) in [5.74, 6) is -0.153. The number of nitrogens with zero attached hydrogens (tertiary/aromatic N) is 1. The highest BCUT2D eigenvalue weighted by Crippen LogP contribution is 2.23. The summed E-state index contributed by atoms with van der Waals surface area (Å²) in [7, 11) is 0.977. The molecule has 0 atom stereocenters. The van der Waals surface area contributed by atoms with Crippen LogP contribution >= 0.6 is 0 Å². The highest BCUT2D eigenvalue weighted by molar-refractivity contribution is 6.89. The quantitative estimate of drug-likeness (QED) is 0.151. The van der Waals surface area contributed by atoms with Crippen LogP contribution in [0, 0.1) is 6.92 Å². The number of methoxy groups -OCH3 is 2. The summed E-state index contributed by atoms with van der Waals surface area (Å²) in [6.45, 7) is 8.26. The molecule has 0 aliphatic carbocycles. The predicted molar refractivity (Wildman–Crippen MR) is 121 cm³/mol. The number of benzene rings is 2. The first kappa shape index (κ1) is 23.2. The van der Waals surface area contributed by atoms with E-state index in [1.165, 1.54) is 25.7 Å². The molecule has 0 N–H and O–H groups in total. The highest BCUT2D eigenvalue weighted by atomic mass is 28.3. The average Bonchev–Trinajstić information content (AvgIpc) is 2.74. The van der Waals surface area contributed by atoms with E-state index in [2.05, 4.69) is 30.4 Å². The van der Waals surface area contributed by atoms with Crippen molar-refractivity contribution < 1.29 is 23.8 Å². The summed E-state index contributed by atoms with van der Waals surface area (Å²) in [4.78, 5) is 17.6. The Morgan fingerprint density at radius 1 is 1.10 bits per heavy atom. The summed E-state index contributed by atoms with van der Waals surface area (Å²) >= 11 is 0. The lowest BCUT2D eigenvalue weighted by Gasteiger charge is -2.21. The van der Waals surface area contributed by atoms with E-state index in [9.17, 15) is 4.79 Å².